The van der Waals surface area contributed by atoms with Gasteiger partial charge in [0.2, 0.25) is 0 Å². The molecule has 0 aliphatic rings. The topological polar surface area (TPSA) is 83.0 Å². The summed E-state index contributed by atoms with van der Waals surface area (Å²) in [5.74, 6) is -0.370. The summed E-state index contributed by atoms with van der Waals surface area (Å²) in [6, 6.07) is 7.34. The monoisotopic (exact) mass is 460 g/mol. The Morgan fingerprint density at radius 1 is 1.25 bits per heavy atom. The molecule has 0 aliphatic heterocycles. The van der Waals surface area contributed by atoms with Gasteiger partial charge >= 0.3 is 6.09 Å². The fraction of sp³-hybridized carbons (Fsp3) is 0.348. The normalized spacial score (nSPS) is 11.2. The highest BCUT2D eigenvalue weighted by Crippen LogP contribution is 2.36. The predicted octanol–water partition coefficient (Wildman–Crippen LogP) is 5.22. The van der Waals surface area contributed by atoms with E-state index in [9.17, 15) is 13.6 Å². The second kappa shape index (κ2) is 10.6. The quantitative estimate of drug-likeness (QED) is 0.443. The molecule has 0 bridgehead atoms. The number of hydrogen-bond donors (Lipinski definition) is 1. The van der Waals surface area contributed by atoms with Gasteiger partial charge in [0.15, 0.2) is 0 Å². The molecule has 0 spiro atoms. The molecule has 2 aromatic heterocycles. The van der Waals surface area contributed by atoms with E-state index in [-0.39, 0.29) is 12.5 Å². The third-order valence-electron chi connectivity index (χ3n) is 4.86. The summed E-state index contributed by atoms with van der Waals surface area (Å²) in [7, 11) is 0. The SMILES string of the molecule is Cc1ncccc1Cn1c(CCCOC(N)=O)nc(C(C)C)c1Sc1cc(F)cc(F)c1. The zero-order valence-corrected chi connectivity index (χ0v) is 19.1. The van der Waals surface area contributed by atoms with Crippen molar-refractivity contribution in [2.45, 2.75) is 56.0 Å². The van der Waals surface area contributed by atoms with E-state index in [1.807, 2.05) is 32.9 Å². The largest absolute Gasteiger partial charge is 0.450 e. The fourth-order valence-corrected chi connectivity index (χ4v) is 4.53. The summed E-state index contributed by atoms with van der Waals surface area (Å²) in [4.78, 5) is 20.5. The molecule has 0 saturated heterocycles. The maximum atomic E-state index is 13.8. The molecule has 0 atom stereocenters. The molecule has 9 heteroatoms. The van der Waals surface area contributed by atoms with E-state index in [4.69, 9.17) is 15.5 Å². The van der Waals surface area contributed by atoms with Crippen molar-refractivity contribution in [3.8, 4) is 0 Å². The van der Waals surface area contributed by atoms with Crippen molar-refractivity contribution in [3.63, 3.8) is 0 Å². The second-order valence-electron chi connectivity index (χ2n) is 7.69. The summed E-state index contributed by atoms with van der Waals surface area (Å²) < 4.78 is 34.6. The highest BCUT2D eigenvalue weighted by atomic mass is 32.2. The van der Waals surface area contributed by atoms with Gasteiger partial charge in [0, 0.05) is 29.3 Å². The molecule has 6 nitrogen and oxygen atoms in total. The lowest BCUT2D eigenvalue weighted by molar-refractivity contribution is 0.155. The zero-order valence-electron chi connectivity index (χ0n) is 18.3. The van der Waals surface area contributed by atoms with E-state index in [0.717, 1.165) is 33.9 Å². The van der Waals surface area contributed by atoms with Crippen LogP contribution in [0.5, 0.6) is 0 Å². The first-order valence-corrected chi connectivity index (χ1v) is 11.1. The van der Waals surface area contributed by atoms with Crippen molar-refractivity contribution < 1.29 is 18.3 Å². The molecule has 2 N–H and O–H groups in total. The van der Waals surface area contributed by atoms with Crippen LogP contribution in [0.2, 0.25) is 0 Å². The molecule has 0 fully saturated rings. The van der Waals surface area contributed by atoms with Gasteiger partial charge in [0.1, 0.15) is 22.5 Å². The van der Waals surface area contributed by atoms with Crippen LogP contribution in [0.15, 0.2) is 46.5 Å². The number of nitrogens with two attached hydrogens (primary N) is 1. The summed E-state index contributed by atoms with van der Waals surface area (Å²) >= 11 is 1.28. The minimum Gasteiger partial charge on any atom is -0.450 e. The number of amides is 1. The first kappa shape index (κ1) is 23.7. The molecule has 3 rings (SSSR count). The maximum absolute atomic E-state index is 13.8. The van der Waals surface area contributed by atoms with Crippen LogP contribution in [-0.2, 0) is 17.7 Å². The highest BCUT2D eigenvalue weighted by Gasteiger charge is 2.21. The predicted molar refractivity (Wildman–Crippen MR) is 119 cm³/mol. The van der Waals surface area contributed by atoms with Gasteiger partial charge in [0.05, 0.1) is 18.8 Å². The number of hydrogen-bond acceptors (Lipinski definition) is 5. The zero-order chi connectivity index (χ0) is 23.3. The van der Waals surface area contributed by atoms with E-state index in [0.29, 0.717) is 24.3 Å². The van der Waals surface area contributed by atoms with Crippen molar-refractivity contribution in [2.75, 3.05) is 6.61 Å². The van der Waals surface area contributed by atoms with E-state index < -0.39 is 17.7 Å². The van der Waals surface area contributed by atoms with Crippen LogP contribution in [0, 0.1) is 18.6 Å². The van der Waals surface area contributed by atoms with E-state index >= 15 is 0 Å². The van der Waals surface area contributed by atoms with Gasteiger partial charge in [-0.2, -0.15) is 0 Å². The number of imidazole rings is 1. The molecule has 0 aliphatic carbocycles. The molecule has 0 unspecified atom stereocenters. The van der Waals surface area contributed by atoms with Crippen LogP contribution >= 0.6 is 11.8 Å². The average molecular weight is 461 g/mol. The molecular weight excluding hydrogens is 434 g/mol. The van der Waals surface area contributed by atoms with Crippen molar-refractivity contribution in [3.05, 3.63) is 70.9 Å². The molecule has 0 radical (unpaired) electrons. The molecule has 32 heavy (non-hydrogen) atoms. The third kappa shape index (κ3) is 6.06. The minimum atomic E-state index is -0.813. The number of nitrogens with zero attached hydrogens (tertiary/aromatic N) is 3. The van der Waals surface area contributed by atoms with Gasteiger partial charge < -0.3 is 15.0 Å². The lowest BCUT2D eigenvalue weighted by Crippen LogP contribution is -2.15. The standard InChI is InChI=1S/C23H26F2N4O2S/c1-14(2)21-22(32-19-11-17(24)10-18(25)12-19)29(13-16-6-4-8-27-15(16)3)20(28-21)7-5-9-31-23(26)30/h4,6,8,10-12,14H,5,7,9,13H2,1-3H3,(H2,26,30). The van der Waals surface area contributed by atoms with E-state index in [1.165, 1.54) is 23.9 Å². The number of aromatic nitrogens is 3. The Kier molecular flexibility index (Phi) is 7.84. The Balaban J connectivity index is 2.02. The first-order chi connectivity index (χ1) is 15.2. The lowest BCUT2D eigenvalue weighted by atomic mass is 10.1. The Hall–Kier alpha value is -2.94. The number of ether oxygens (including phenoxy) is 1. The summed E-state index contributed by atoms with van der Waals surface area (Å²) in [5, 5.41) is 0.819. The maximum Gasteiger partial charge on any atom is 0.404 e. The number of pyridine rings is 1. The van der Waals surface area contributed by atoms with Crippen molar-refractivity contribution in [2.24, 2.45) is 5.73 Å². The summed E-state index contributed by atoms with van der Waals surface area (Å²) in [5.41, 5.74) is 7.79. The third-order valence-corrected chi connectivity index (χ3v) is 5.95. The Morgan fingerprint density at radius 3 is 2.59 bits per heavy atom. The van der Waals surface area contributed by atoms with Gasteiger partial charge in [-0.3, -0.25) is 4.98 Å². The van der Waals surface area contributed by atoms with Crippen LogP contribution in [0.25, 0.3) is 0 Å². The number of rotatable bonds is 9. The molecule has 2 heterocycles. The number of carbonyl (C=O) groups excluding carboxylic acids is 1. The number of primary amides is 1. The van der Waals surface area contributed by atoms with Gasteiger partial charge in [-0.05, 0) is 43.0 Å². The first-order valence-electron chi connectivity index (χ1n) is 10.3. The van der Waals surface area contributed by atoms with Gasteiger partial charge in [-0.15, -0.1) is 0 Å². The number of carbonyl (C=O) groups is 1. The van der Waals surface area contributed by atoms with Crippen LogP contribution in [0.3, 0.4) is 0 Å². The molecule has 170 valence electrons. The van der Waals surface area contributed by atoms with Crippen LogP contribution in [-0.4, -0.2) is 27.2 Å². The molecule has 1 aromatic carbocycles. The van der Waals surface area contributed by atoms with Gasteiger partial charge in [-0.1, -0.05) is 31.7 Å². The molecule has 3 aromatic rings. The molecule has 1 amide bonds. The Labute approximate surface area is 190 Å². The van der Waals surface area contributed by atoms with E-state index in [1.54, 1.807) is 6.20 Å². The Bertz CT molecular complexity index is 1080. The Morgan fingerprint density at radius 2 is 1.97 bits per heavy atom. The molecule has 0 saturated carbocycles. The fourth-order valence-electron chi connectivity index (χ4n) is 3.30. The summed E-state index contributed by atoms with van der Waals surface area (Å²) in [6.07, 6.45) is 2.01. The number of aryl methyl sites for hydroxylation is 2. The molecular formula is C23H26F2N4O2S. The van der Waals surface area contributed by atoms with Crippen LogP contribution in [0.1, 0.15) is 49.0 Å². The van der Waals surface area contributed by atoms with Gasteiger partial charge in [0.25, 0.3) is 0 Å². The van der Waals surface area contributed by atoms with Crippen molar-refractivity contribution in [1.82, 2.24) is 14.5 Å². The minimum absolute atomic E-state index is 0.0905. The van der Waals surface area contributed by atoms with Gasteiger partial charge in [-0.25, -0.2) is 18.6 Å². The van der Waals surface area contributed by atoms with Crippen molar-refractivity contribution in [1.29, 1.82) is 0 Å². The van der Waals surface area contributed by atoms with Crippen molar-refractivity contribution >= 4 is 17.9 Å². The summed E-state index contributed by atoms with van der Waals surface area (Å²) in [6.45, 7) is 6.68. The lowest BCUT2D eigenvalue weighted by Gasteiger charge is -2.15. The average Bonchev–Trinajstić information content (AvgIpc) is 3.03. The number of halogens is 2. The smallest absolute Gasteiger partial charge is 0.404 e. The van der Waals surface area contributed by atoms with Crippen LogP contribution in [0.4, 0.5) is 13.6 Å². The highest BCUT2D eigenvalue weighted by molar-refractivity contribution is 7.99. The van der Waals surface area contributed by atoms with Crippen LogP contribution < -0.4 is 5.73 Å². The van der Waals surface area contributed by atoms with E-state index in [2.05, 4.69) is 9.55 Å². The number of benzene rings is 1. The second-order valence-corrected chi connectivity index (χ2v) is 8.75.